The van der Waals surface area contributed by atoms with Crippen molar-refractivity contribution in [3.05, 3.63) is 95.1 Å². The lowest BCUT2D eigenvalue weighted by atomic mass is 9.96. The van der Waals surface area contributed by atoms with Crippen molar-refractivity contribution in [2.24, 2.45) is 4.99 Å². The summed E-state index contributed by atoms with van der Waals surface area (Å²) in [5, 5.41) is 15.0. The van der Waals surface area contributed by atoms with Gasteiger partial charge in [-0.05, 0) is 120 Å². The molecule has 3 amide bonds. The maximum absolute atomic E-state index is 13.9. The van der Waals surface area contributed by atoms with Gasteiger partial charge in [0, 0.05) is 18.5 Å². The molecule has 1 aliphatic rings. The molecule has 15 heteroatoms. The number of nitrogens with zero attached hydrogens (tertiary/aromatic N) is 2. The fourth-order valence-corrected chi connectivity index (χ4v) is 6.23. The van der Waals surface area contributed by atoms with Crippen molar-refractivity contribution in [1.82, 2.24) is 10.2 Å². The number of nitrogens with one attached hydrogen (secondary N) is 2. The molecule has 0 aromatic heterocycles. The molecule has 3 aromatic rings. The summed E-state index contributed by atoms with van der Waals surface area (Å²) in [5.74, 6) is -3.22. The largest absolute Gasteiger partial charge is 0.480 e. The van der Waals surface area contributed by atoms with Crippen molar-refractivity contribution in [2.75, 3.05) is 18.5 Å². The monoisotopic (exact) mass is 814 g/mol. The number of ether oxygens (including phenoxy) is 4. The van der Waals surface area contributed by atoms with Crippen LogP contribution in [0.5, 0.6) is 5.75 Å². The van der Waals surface area contributed by atoms with E-state index in [1.54, 1.807) is 59.7 Å². The number of esters is 2. The first-order chi connectivity index (χ1) is 27.8. The molecule has 0 saturated heterocycles. The van der Waals surface area contributed by atoms with Gasteiger partial charge in [0.2, 0.25) is 11.9 Å². The minimum atomic E-state index is -1.24. The van der Waals surface area contributed by atoms with Gasteiger partial charge in [-0.25, -0.2) is 19.2 Å². The number of aliphatic imine (C=N–C) groups is 1. The van der Waals surface area contributed by atoms with Crippen molar-refractivity contribution in [3.63, 3.8) is 0 Å². The highest BCUT2D eigenvalue weighted by Crippen LogP contribution is 2.38. The SMILES string of the molecule is CCCCOC(=O)[C@H](Cc1ccccc1)N(CC(=O)O)C(=O)CC1CCc2cc(OC(=O)c3ccc(N/C(=N/C(=O)OC(C)(C)C)NC(=O)OC(C)(C)C)cc3)ccc21. The lowest BCUT2D eigenvalue weighted by molar-refractivity contribution is -0.158. The lowest BCUT2D eigenvalue weighted by Crippen LogP contribution is -2.49. The highest BCUT2D eigenvalue weighted by molar-refractivity contribution is 6.06. The second kappa shape index (κ2) is 20.4. The van der Waals surface area contributed by atoms with Crippen LogP contribution in [0.2, 0.25) is 0 Å². The molecule has 2 atom stereocenters. The first kappa shape index (κ1) is 45.5. The van der Waals surface area contributed by atoms with Gasteiger partial charge in [0.15, 0.2) is 0 Å². The summed E-state index contributed by atoms with van der Waals surface area (Å²) < 4.78 is 21.7. The zero-order chi connectivity index (χ0) is 43.3. The number of carboxylic acid groups (broad SMARTS) is 1. The molecule has 15 nitrogen and oxygen atoms in total. The first-order valence-electron chi connectivity index (χ1n) is 19.6. The van der Waals surface area contributed by atoms with E-state index < -0.39 is 59.8 Å². The van der Waals surface area contributed by atoms with Crippen LogP contribution < -0.4 is 15.4 Å². The third-order valence-electron chi connectivity index (χ3n) is 8.84. The van der Waals surface area contributed by atoms with E-state index >= 15 is 0 Å². The van der Waals surface area contributed by atoms with Crippen molar-refractivity contribution >= 4 is 47.6 Å². The number of guanidine groups is 1. The van der Waals surface area contributed by atoms with Gasteiger partial charge in [0.25, 0.3) is 0 Å². The average Bonchev–Trinajstić information content (AvgIpc) is 3.53. The zero-order valence-corrected chi connectivity index (χ0v) is 34.7. The minimum Gasteiger partial charge on any atom is -0.480 e. The summed E-state index contributed by atoms with van der Waals surface area (Å²) in [7, 11) is 0. The zero-order valence-electron chi connectivity index (χ0n) is 34.7. The Bertz CT molecular complexity index is 2000. The van der Waals surface area contributed by atoms with Crippen molar-refractivity contribution in [2.45, 2.75) is 110 Å². The molecule has 59 heavy (non-hydrogen) atoms. The molecule has 4 rings (SSSR count). The molecular weight excluding hydrogens is 761 g/mol. The number of fused-ring (bicyclic) bond motifs is 1. The molecule has 316 valence electrons. The molecule has 0 aliphatic heterocycles. The van der Waals surface area contributed by atoms with E-state index in [2.05, 4.69) is 15.6 Å². The van der Waals surface area contributed by atoms with Gasteiger partial charge >= 0.3 is 30.1 Å². The average molecular weight is 815 g/mol. The number of unbranched alkanes of at least 4 members (excludes halogenated alkanes) is 1. The number of hydrogen-bond donors (Lipinski definition) is 3. The van der Waals surface area contributed by atoms with Crippen molar-refractivity contribution in [3.8, 4) is 5.75 Å². The molecule has 0 saturated carbocycles. The second-order valence-electron chi connectivity index (χ2n) is 16.1. The maximum atomic E-state index is 13.9. The number of alkyl carbamates (subject to hydrolysis) is 1. The lowest BCUT2D eigenvalue weighted by Gasteiger charge is -2.30. The van der Waals surface area contributed by atoms with Gasteiger partial charge in [0.05, 0.1) is 12.2 Å². The molecule has 0 bridgehead atoms. The molecule has 3 aromatic carbocycles. The standard InChI is InChI=1S/C44H54N4O11/c1-8-9-23-56-39(53)35(24-28-13-11-10-12-14-28)48(27-37(50)51)36(49)26-31-16-15-30-25-33(21-22-34(30)31)57-38(52)29-17-19-32(20-18-29)45-40(46-41(54)58-43(2,3)4)47-42(55)59-44(5,6)7/h10-14,17-22,25,31,35H,8-9,15-16,23-24,26-27H2,1-7H3,(H,50,51)(H2,45,46,47,54,55)/t31?,35-/m0/s1. The fraction of sp³-hybridized carbons (Fsp3) is 0.432. The van der Waals surface area contributed by atoms with Crippen LogP contribution in [0.4, 0.5) is 15.3 Å². The first-order valence-corrected chi connectivity index (χ1v) is 19.6. The van der Waals surface area contributed by atoms with E-state index in [0.717, 1.165) is 28.0 Å². The third kappa shape index (κ3) is 14.9. The molecule has 0 spiro atoms. The van der Waals surface area contributed by atoms with Crippen LogP contribution in [0, 0.1) is 0 Å². The molecule has 0 fully saturated rings. The summed E-state index contributed by atoms with van der Waals surface area (Å²) in [4.78, 5) is 82.2. The van der Waals surface area contributed by atoms with E-state index in [4.69, 9.17) is 18.9 Å². The summed E-state index contributed by atoms with van der Waals surface area (Å²) in [6, 6.07) is 19.2. The number of carbonyl (C=O) groups excluding carboxylic acids is 5. The number of hydrogen-bond acceptors (Lipinski definition) is 10. The van der Waals surface area contributed by atoms with Crippen LogP contribution in [0.3, 0.4) is 0 Å². The number of aliphatic carboxylic acids is 1. The molecule has 1 unspecified atom stereocenters. The molecular formula is C44H54N4O11. The number of amides is 3. The Kier molecular flexibility index (Phi) is 15.7. The van der Waals surface area contributed by atoms with Gasteiger partial charge in [-0.1, -0.05) is 49.7 Å². The Morgan fingerprint density at radius 3 is 2.20 bits per heavy atom. The summed E-state index contributed by atoms with van der Waals surface area (Å²) in [6.07, 6.45) is 0.913. The number of carbonyl (C=O) groups is 6. The van der Waals surface area contributed by atoms with Gasteiger partial charge < -0.3 is 34.3 Å². The van der Waals surface area contributed by atoms with Crippen molar-refractivity contribution < 1.29 is 52.8 Å². The van der Waals surface area contributed by atoms with E-state index in [0.29, 0.717) is 30.7 Å². The highest BCUT2D eigenvalue weighted by Gasteiger charge is 2.35. The third-order valence-corrected chi connectivity index (χ3v) is 8.84. The predicted octanol–water partition coefficient (Wildman–Crippen LogP) is 7.42. The number of benzene rings is 3. The summed E-state index contributed by atoms with van der Waals surface area (Å²) in [5.41, 5.74) is 1.46. The Hall–Kier alpha value is -6.25. The summed E-state index contributed by atoms with van der Waals surface area (Å²) in [6.45, 7) is 11.6. The Morgan fingerprint density at radius 2 is 1.58 bits per heavy atom. The smallest absolute Gasteiger partial charge is 0.437 e. The maximum Gasteiger partial charge on any atom is 0.437 e. The van der Waals surface area contributed by atoms with E-state index in [9.17, 15) is 33.9 Å². The van der Waals surface area contributed by atoms with Gasteiger partial charge in [-0.2, -0.15) is 0 Å². The van der Waals surface area contributed by atoms with Gasteiger partial charge in [-0.15, -0.1) is 4.99 Å². The Balaban J connectivity index is 1.44. The van der Waals surface area contributed by atoms with Crippen LogP contribution in [0.1, 0.15) is 107 Å². The van der Waals surface area contributed by atoms with E-state index in [1.807, 2.05) is 37.3 Å². The second-order valence-corrected chi connectivity index (χ2v) is 16.1. The normalized spacial score (nSPS) is 14.3. The van der Waals surface area contributed by atoms with Crippen LogP contribution in [-0.4, -0.2) is 82.4 Å². The highest BCUT2D eigenvalue weighted by atomic mass is 16.6. The van der Waals surface area contributed by atoms with Crippen LogP contribution >= 0.6 is 0 Å². The van der Waals surface area contributed by atoms with Crippen LogP contribution in [0.15, 0.2) is 77.8 Å². The van der Waals surface area contributed by atoms with Crippen molar-refractivity contribution in [1.29, 1.82) is 0 Å². The van der Waals surface area contributed by atoms with Gasteiger partial charge in [0.1, 0.15) is 29.5 Å². The molecule has 0 heterocycles. The van der Waals surface area contributed by atoms with Crippen LogP contribution in [0.25, 0.3) is 0 Å². The molecule has 0 radical (unpaired) electrons. The van der Waals surface area contributed by atoms with E-state index in [1.165, 1.54) is 24.3 Å². The Morgan fingerprint density at radius 1 is 0.898 bits per heavy atom. The summed E-state index contributed by atoms with van der Waals surface area (Å²) >= 11 is 0. The number of rotatable bonds is 14. The fourth-order valence-electron chi connectivity index (χ4n) is 6.23. The predicted molar refractivity (Wildman–Crippen MR) is 219 cm³/mol. The van der Waals surface area contributed by atoms with Gasteiger partial charge in [-0.3, -0.25) is 14.9 Å². The number of anilines is 1. The molecule has 1 aliphatic carbocycles. The topological polar surface area (TPSA) is 199 Å². The quantitative estimate of drug-likeness (QED) is 0.0364. The van der Waals surface area contributed by atoms with E-state index in [-0.39, 0.29) is 36.9 Å². The Labute approximate surface area is 344 Å². The molecule has 3 N–H and O–H groups in total. The number of aryl methyl sites for hydroxylation is 1. The minimum absolute atomic E-state index is 0.0230. The number of carboxylic acids is 1. The van der Waals surface area contributed by atoms with Crippen LogP contribution in [-0.2, 0) is 41.4 Å².